The molecule has 23 heavy (non-hydrogen) atoms. The second kappa shape index (κ2) is 7.46. The lowest BCUT2D eigenvalue weighted by atomic mass is 9.89. The maximum Gasteiger partial charge on any atom is 0.329 e. The van der Waals surface area contributed by atoms with Crippen molar-refractivity contribution < 1.29 is 24.2 Å². The van der Waals surface area contributed by atoms with Gasteiger partial charge in [-0.3, -0.25) is 4.79 Å². The molecule has 1 unspecified atom stereocenters. The van der Waals surface area contributed by atoms with Gasteiger partial charge in [-0.1, -0.05) is 19.1 Å². The molecule has 1 aliphatic rings. The monoisotopic (exact) mass is 321 g/mol. The first-order valence-corrected chi connectivity index (χ1v) is 7.73. The van der Waals surface area contributed by atoms with Crippen LogP contribution in [0.4, 0.5) is 0 Å². The van der Waals surface area contributed by atoms with E-state index in [1.807, 2.05) is 31.2 Å². The molecule has 0 aliphatic carbocycles. The quantitative estimate of drug-likeness (QED) is 0.836. The molecule has 126 valence electrons. The van der Waals surface area contributed by atoms with Crippen molar-refractivity contribution in [3.05, 3.63) is 29.8 Å². The Kier molecular flexibility index (Phi) is 5.60. The molecule has 1 aromatic carbocycles. The van der Waals surface area contributed by atoms with Crippen molar-refractivity contribution in [3.8, 4) is 5.75 Å². The van der Waals surface area contributed by atoms with Crippen LogP contribution in [0.3, 0.4) is 0 Å². The summed E-state index contributed by atoms with van der Waals surface area (Å²) in [5, 5.41) is 12.2. The van der Waals surface area contributed by atoms with E-state index in [4.69, 9.17) is 9.47 Å². The van der Waals surface area contributed by atoms with E-state index in [9.17, 15) is 14.7 Å². The summed E-state index contributed by atoms with van der Waals surface area (Å²) in [5.41, 5.74) is -0.223. The minimum atomic E-state index is -1.20. The maximum atomic E-state index is 12.3. The molecule has 0 spiro atoms. The average molecular weight is 321 g/mol. The first-order valence-electron chi connectivity index (χ1n) is 7.73. The first-order chi connectivity index (χ1) is 11.0. The molecule has 2 N–H and O–H groups in total. The number of nitrogens with one attached hydrogen (secondary N) is 1. The second-order valence-corrected chi connectivity index (χ2v) is 5.93. The SMILES string of the molecule is COc1cccc(C(C)CC(=O)NC2(C(=O)O)CCOCC2)c1. The smallest absolute Gasteiger partial charge is 0.329 e. The third-order valence-corrected chi connectivity index (χ3v) is 4.29. The van der Waals surface area contributed by atoms with E-state index in [-0.39, 0.29) is 18.2 Å². The number of rotatable bonds is 6. The molecule has 1 atom stereocenters. The molecule has 0 saturated carbocycles. The van der Waals surface area contributed by atoms with Crippen molar-refractivity contribution in [2.24, 2.45) is 0 Å². The summed E-state index contributed by atoms with van der Waals surface area (Å²) >= 11 is 0. The molecule has 0 aromatic heterocycles. The van der Waals surface area contributed by atoms with Gasteiger partial charge in [0.15, 0.2) is 0 Å². The molecule has 1 aromatic rings. The molecule has 0 radical (unpaired) electrons. The second-order valence-electron chi connectivity index (χ2n) is 5.93. The standard InChI is InChI=1S/C17H23NO5/c1-12(13-4-3-5-14(11-13)22-2)10-15(19)18-17(16(20)21)6-8-23-9-7-17/h3-5,11-12H,6-10H2,1-2H3,(H,18,19)(H,20,21). The Morgan fingerprint density at radius 1 is 1.39 bits per heavy atom. The Morgan fingerprint density at radius 2 is 2.09 bits per heavy atom. The lowest BCUT2D eigenvalue weighted by molar-refractivity contribution is -0.152. The molecule has 6 nitrogen and oxygen atoms in total. The van der Waals surface area contributed by atoms with Crippen molar-refractivity contribution in [1.82, 2.24) is 5.32 Å². The van der Waals surface area contributed by atoms with Gasteiger partial charge in [0, 0.05) is 32.5 Å². The summed E-state index contributed by atoms with van der Waals surface area (Å²) in [6.07, 6.45) is 0.812. The van der Waals surface area contributed by atoms with Crippen molar-refractivity contribution in [1.29, 1.82) is 0 Å². The summed E-state index contributed by atoms with van der Waals surface area (Å²) in [6.45, 7) is 2.63. The predicted molar refractivity (Wildman–Crippen MR) is 84.6 cm³/mol. The van der Waals surface area contributed by atoms with Gasteiger partial charge in [-0.2, -0.15) is 0 Å². The number of carboxylic acids is 1. The number of carboxylic acid groups (broad SMARTS) is 1. The summed E-state index contributed by atoms with van der Waals surface area (Å²) in [4.78, 5) is 23.9. The molecule has 0 bridgehead atoms. The fourth-order valence-corrected chi connectivity index (χ4v) is 2.77. The Bertz CT molecular complexity index is 566. The van der Waals surface area contributed by atoms with Gasteiger partial charge in [0.2, 0.25) is 5.91 Å². The highest BCUT2D eigenvalue weighted by atomic mass is 16.5. The van der Waals surface area contributed by atoms with Crippen LogP contribution in [0.1, 0.15) is 37.7 Å². The van der Waals surface area contributed by atoms with Crippen LogP contribution in [0.5, 0.6) is 5.75 Å². The van der Waals surface area contributed by atoms with E-state index in [0.717, 1.165) is 11.3 Å². The van der Waals surface area contributed by atoms with Gasteiger partial charge >= 0.3 is 5.97 Å². The summed E-state index contributed by atoms with van der Waals surface area (Å²) < 4.78 is 10.4. The molecule has 1 aliphatic heterocycles. The molecule has 1 amide bonds. The Morgan fingerprint density at radius 3 is 2.70 bits per heavy atom. The maximum absolute atomic E-state index is 12.3. The van der Waals surface area contributed by atoms with E-state index >= 15 is 0 Å². The van der Waals surface area contributed by atoms with Gasteiger partial charge < -0.3 is 19.9 Å². The van der Waals surface area contributed by atoms with Crippen molar-refractivity contribution >= 4 is 11.9 Å². The number of carbonyl (C=O) groups is 2. The van der Waals surface area contributed by atoms with Gasteiger partial charge in [0.25, 0.3) is 0 Å². The van der Waals surface area contributed by atoms with E-state index in [1.54, 1.807) is 7.11 Å². The molecule has 2 rings (SSSR count). The number of ether oxygens (including phenoxy) is 2. The predicted octanol–water partition coefficient (Wildman–Crippen LogP) is 1.94. The topological polar surface area (TPSA) is 84.9 Å². The number of carbonyl (C=O) groups excluding carboxylic acids is 1. The summed E-state index contributed by atoms with van der Waals surface area (Å²) in [6, 6.07) is 7.54. The van der Waals surface area contributed by atoms with Crippen molar-refractivity contribution in [2.45, 2.75) is 37.6 Å². The van der Waals surface area contributed by atoms with Gasteiger partial charge in [0.1, 0.15) is 11.3 Å². The normalized spacial score (nSPS) is 18.0. The number of benzene rings is 1. The zero-order chi connectivity index (χ0) is 16.9. The Balaban J connectivity index is 2.01. The van der Waals surface area contributed by atoms with Gasteiger partial charge in [-0.05, 0) is 23.6 Å². The molecule has 6 heteroatoms. The first kappa shape index (κ1) is 17.3. The fourth-order valence-electron chi connectivity index (χ4n) is 2.77. The van der Waals surface area contributed by atoms with Crippen LogP contribution < -0.4 is 10.1 Å². The van der Waals surface area contributed by atoms with Crippen LogP contribution in [0.15, 0.2) is 24.3 Å². The van der Waals surface area contributed by atoms with Gasteiger partial charge in [-0.15, -0.1) is 0 Å². The van der Waals surface area contributed by atoms with E-state index in [1.165, 1.54) is 0 Å². The van der Waals surface area contributed by atoms with E-state index in [2.05, 4.69) is 5.32 Å². The summed E-state index contributed by atoms with van der Waals surface area (Å²) in [5.74, 6) is -0.551. The van der Waals surface area contributed by atoms with Crippen LogP contribution in [-0.4, -0.2) is 42.8 Å². The minimum absolute atomic E-state index is 0.0317. The zero-order valence-corrected chi connectivity index (χ0v) is 13.5. The molecule has 1 fully saturated rings. The highest BCUT2D eigenvalue weighted by molar-refractivity contribution is 5.87. The highest BCUT2D eigenvalue weighted by Gasteiger charge is 2.41. The lowest BCUT2D eigenvalue weighted by Crippen LogP contribution is -2.57. The largest absolute Gasteiger partial charge is 0.497 e. The number of aliphatic carboxylic acids is 1. The fraction of sp³-hybridized carbons (Fsp3) is 0.529. The van der Waals surface area contributed by atoms with E-state index < -0.39 is 11.5 Å². The van der Waals surface area contributed by atoms with Crippen LogP contribution in [0, 0.1) is 0 Å². The van der Waals surface area contributed by atoms with E-state index in [0.29, 0.717) is 26.1 Å². The third kappa shape index (κ3) is 4.22. The lowest BCUT2D eigenvalue weighted by Gasteiger charge is -2.34. The molecule has 1 saturated heterocycles. The average Bonchev–Trinajstić information content (AvgIpc) is 2.55. The van der Waals surface area contributed by atoms with Crippen LogP contribution in [-0.2, 0) is 14.3 Å². The minimum Gasteiger partial charge on any atom is -0.497 e. The number of methoxy groups -OCH3 is 1. The summed E-state index contributed by atoms with van der Waals surface area (Å²) in [7, 11) is 1.60. The molecular weight excluding hydrogens is 298 g/mol. The molecule has 1 heterocycles. The van der Waals surface area contributed by atoms with Crippen LogP contribution in [0.2, 0.25) is 0 Å². The van der Waals surface area contributed by atoms with Crippen LogP contribution >= 0.6 is 0 Å². The molecular formula is C17H23NO5. The highest BCUT2D eigenvalue weighted by Crippen LogP contribution is 2.25. The van der Waals surface area contributed by atoms with Crippen LogP contribution in [0.25, 0.3) is 0 Å². The number of hydrogen-bond donors (Lipinski definition) is 2. The zero-order valence-electron chi connectivity index (χ0n) is 13.5. The Labute approximate surface area is 135 Å². The number of amides is 1. The van der Waals surface area contributed by atoms with Gasteiger partial charge in [-0.25, -0.2) is 4.79 Å². The van der Waals surface area contributed by atoms with Gasteiger partial charge in [0.05, 0.1) is 7.11 Å². The van der Waals surface area contributed by atoms with Crippen molar-refractivity contribution in [2.75, 3.05) is 20.3 Å². The van der Waals surface area contributed by atoms with Crippen molar-refractivity contribution in [3.63, 3.8) is 0 Å². The third-order valence-electron chi connectivity index (χ3n) is 4.29. The number of hydrogen-bond acceptors (Lipinski definition) is 4. The Hall–Kier alpha value is -2.08.